The molecule has 1 N–H and O–H groups in total. The minimum atomic E-state index is -0.211. The van der Waals surface area contributed by atoms with E-state index >= 15 is 0 Å². The summed E-state index contributed by atoms with van der Waals surface area (Å²) in [6, 6.07) is 10.4. The SMILES string of the molecule is CNC(C)c1c(F)cccc1Sc1ccc(Cl)c(Cl)c1. The number of hydrogen-bond donors (Lipinski definition) is 1. The van der Waals surface area contributed by atoms with Crippen LogP contribution in [0.2, 0.25) is 10.0 Å². The van der Waals surface area contributed by atoms with Crippen LogP contribution in [0.25, 0.3) is 0 Å². The fraction of sp³-hybridized carbons (Fsp3) is 0.200. The Bertz CT molecular complexity index is 619. The number of nitrogens with one attached hydrogen (secondary N) is 1. The molecule has 0 aliphatic heterocycles. The maximum atomic E-state index is 14.0. The summed E-state index contributed by atoms with van der Waals surface area (Å²) in [6.07, 6.45) is 0. The second kappa shape index (κ2) is 6.81. The smallest absolute Gasteiger partial charge is 0.129 e. The predicted octanol–water partition coefficient (Wildman–Crippen LogP) is 5.56. The van der Waals surface area contributed by atoms with Crippen molar-refractivity contribution in [2.75, 3.05) is 7.05 Å². The normalized spacial score (nSPS) is 12.4. The van der Waals surface area contributed by atoms with Crippen molar-refractivity contribution in [3.8, 4) is 0 Å². The van der Waals surface area contributed by atoms with Crippen molar-refractivity contribution in [3.63, 3.8) is 0 Å². The highest BCUT2D eigenvalue weighted by atomic mass is 35.5. The van der Waals surface area contributed by atoms with Gasteiger partial charge in [0.15, 0.2) is 0 Å². The Morgan fingerprint density at radius 2 is 1.90 bits per heavy atom. The Balaban J connectivity index is 2.38. The lowest BCUT2D eigenvalue weighted by atomic mass is 10.1. The molecule has 0 radical (unpaired) electrons. The molecular formula is C15H14Cl2FNS. The molecule has 5 heteroatoms. The molecule has 0 spiro atoms. The zero-order valence-electron chi connectivity index (χ0n) is 11.1. The average Bonchev–Trinajstić information content (AvgIpc) is 2.42. The van der Waals surface area contributed by atoms with E-state index in [1.165, 1.54) is 17.8 Å². The molecule has 2 rings (SSSR count). The third-order valence-electron chi connectivity index (χ3n) is 3.00. The molecule has 1 unspecified atom stereocenters. The van der Waals surface area contributed by atoms with Crippen LogP contribution in [0.1, 0.15) is 18.5 Å². The summed E-state index contributed by atoms with van der Waals surface area (Å²) in [4.78, 5) is 1.79. The molecule has 2 aromatic rings. The van der Waals surface area contributed by atoms with Gasteiger partial charge in [-0.15, -0.1) is 0 Å². The first-order valence-corrected chi connectivity index (χ1v) is 7.68. The zero-order valence-corrected chi connectivity index (χ0v) is 13.4. The Morgan fingerprint density at radius 3 is 2.55 bits per heavy atom. The van der Waals surface area contributed by atoms with Crippen LogP contribution in [0.3, 0.4) is 0 Å². The van der Waals surface area contributed by atoms with Gasteiger partial charge in [0.25, 0.3) is 0 Å². The van der Waals surface area contributed by atoms with Gasteiger partial charge in [0.1, 0.15) is 5.82 Å². The molecule has 0 saturated carbocycles. The highest BCUT2D eigenvalue weighted by Crippen LogP contribution is 2.36. The van der Waals surface area contributed by atoms with Crippen molar-refractivity contribution in [1.82, 2.24) is 5.32 Å². The van der Waals surface area contributed by atoms with E-state index in [0.29, 0.717) is 15.6 Å². The van der Waals surface area contributed by atoms with Crippen molar-refractivity contribution in [2.24, 2.45) is 0 Å². The molecule has 2 aromatic carbocycles. The van der Waals surface area contributed by atoms with E-state index in [1.807, 2.05) is 26.1 Å². The Morgan fingerprint density at radius 1 is 1.15 bits per heavy atom. The number of benzene rings is 2. The molecule has 0 amide bonds. The molecule has 0 aliphatic carbocycles. The second-order valence-electron chi connectivity index (χ2n) is 4.34. The Kier molecular flexibility index (Phi) is 5.33. The first-order valence-electron chi connectivity index (χ1n) is 6.11. The summed E-state index contributed by atoms with van der Waals surface area (Å²) in [7, 11) is 1.81. The Labute approximate surface area is 132 Å². The van der Waals surface area contributed by atoms with Gasteiger partial charge < -0.3 is 5.32 Å². The number of rotatable bonds is 4. The van der Waals surface area contributed by atoms with Crippen molar-refractivity contribution < 1.29 is 4.39 Å². The highest BCUT2D eigenvalue weighted by Gasteiger charge is 2.15. The van der Waals surface area contributed by atoms with E-state index in [1.54, 1.807) is 18.2 Å². The lowest BCUT2D eigenvalue weighted by molar-refractivity contribution is 0.552. The summed E-state index contributed by atoms with van der Waals surface area (Å²) < 4.78 is 14.0. The molecule has 1 nitrogen and oxygen atoms in total. The topological polar surface area (TPSA) is 12.0 Å². The van der Waals surface area contributed by atoms with E-state index < -0.39 is 0 Å². The summed E-state index contributed by atoms with van der Waals surface area (Å²) in [5.41, 5.74) is 0.658. The van der Waals surface area contributed by atoms with Crippen LogP contribution in [-0.2, 0) is 0 Å². The molecule has 0 heterocycles. The van der Waals surface area contributed by atoms with Crippen LogP contribution in [0, 0.1) is 5.82 Å². The molecule has 106 valence electrons. The van der Waals surface area contributed by atoms with E-state index in [4.69, 9.17) is 23.2 Å². The number of halogens is 3. The molecule has 0 aromatic heterocycles. The fourth-order valence-electron chi connectivity index (χ4n) is 1.84. The summed E-state index contributed by atoms with van der Waals surface area (Å²) in [6.45, 7) is 1.93. The maximum absolute atomic E-state index is 14.0. The molecule has 0 bridgehead atoms. The fourth-order valence-corrected chi connectivity index (χ4v) is 3.30. The largest absolute Gasteiger partial charge is 0.313 e. The van der Waals surface area contributed by atoms with Gasteiger partial charge in [0, 0.05) is 21.4 Å². The summed E-state index contributed by atoms with van der Waals surface area (Å²) in [5, 5.41) is 4.08. The zero-order chi connectivity index (χ0) is 14.7. The van der Waals surface area contributed by atoms with Crippen molar-refractivity contribution in [1.29, 1.82) is 0 Å². The predicted molar refractivity (Wildman–Crippen MR) is 84.5 cm³/mol. The van der Waals surface area contributed by atoms with E-state index in [9.17, 15) is 4.39 Å². The summed E-state index contributed by atoms with van der Waals surface area (Å²) >= 11 is 13.4. The quantitative estimate of drug-likeness (QED) is 0.787. The molecular weight excluding hydrogens is 316 g/mol. The van der Waals surface area contributed by atoms with Crippen molar-refractivity contribution in [2.45, 2.75) is 22.8 Å². The van der Waals surface area contributed by atoms with Gasteiger partial charge in [0.05, 0.1) is 10.0 Å². The lowest BCUT2D eigenvalue weighted by Crippen LogP contribution is -2.14. The van der Waals surface area contributed by atoms with E-state index in [2.05, 4.69) is 5.32 Å². The molecule has 0 fully saturated rings. The van der Waals surface area contributed by atoms with E-state index in [-0.39, 0.29) is 11.9 Å². The van der Waals surface area contributed by atoms with Gasteiger partial charge in [-0.2, -0.15) is 0 Å². The van der Waals surface area contributed by atoms with Crippen LogP contribution in [0.4, 0.5) is 4.39 Å². The average molecular weight is 330 g/mol. The van der Waals surface area contributed by atoms with Gasteiger partial charge in [0.2, 0.25) is 0 Å². The molecule has 0 saturated heterocycles. The molecule has 20 heavy (non-hydrogen) atoms. The lowest BCUT2D eigenvalue weighted by Gasteiger charge is -2.16. The first kappa shape index (κ1) is 15.6. The van der Waals surface area contributed by atoms with Gasteiger partial charge in [-0.3, -0.25) is 0 Å². The van der Waals surface area contributed by atoms with Crippen LogP contribution in [0.15, 0.2) is 46.2 Å². The first-order chi connectivity index (χ1) is 9.52. The van der Waals surface area contributed by atoms with Gasteiger partial charge >= 0.3 is 0 Å². The monoisotopic (exact) mass is 329 g/mol. The van der Waals surface area contributed by atoms with Crippen LogP contribution in [0.5, 0.6) is 0 Å². The third-order valence-corrected chi connectivity index (χ3v) is 4.80. The minimum Gasteiger partial charge on any atom is -0.313 e. The molecule has 1 atom stereocenters. The number of hydrogen-bond acceptors (Lipinski definition) is 2. The van der Waals surface area contributed by atoms with Gasteiger partial charge in [-0.1, -0.05) is 41.0 Å². The Hall–Kier alpha value is -0.740. The highest BCUT2D eigenvalue weighted by molar-refractivity contribution is 7.99. The van der Waals surface area contributed by atoms with Crippen LogP contribution < -0.4 is 5.32 Å². The van der Waals surface area contributed by atoms with Crippen molar-refractivity contribution in [3.05, 3.63) is 57.8 Å². The third kappa shape index (κ3) is 3.47. The standard InChI is InChI=1S/C15H14Cl2FNS/c1-9(19-2)15-13(18)4-3-5-14(15)20-10-6-7-11(16)12(17)8-10/h3-9,19H,1-2H3. The van der Waals surface area contributed by atoms with Gasteiger partial charge in [-0.25, -0.2) is 4.39 Å². The van der Waals surface area contributed by atoms with Gasteiger partial charge in [-0.05, 0) is 44.3 Å². The van der Waals surface area contributed by atoms with Crippen LogP contribution >= 0.6 is 35.0 Å². The van der Waals surface area contributed by atoms with E-state index in [0.717, 1.165) is 9.79 Å². The molecule has 0 aliphatic rings. The second-order valence-corrected chi connectivity index (χ2v) is 6.27. The van der Waals surface area contributed by atoms with Crippen LogP contribution in [-0.4, -0.2) is 7.05 Å². The maximum Gasteiger partial charge on any atom is 0.129 e. The summed E-state index contributed by atoms with van der Waals surface area (Å²) in [5.74, 6) is -0.211. The minimum absolute atomic E-state index is 0.0681. The van der Waals surface area contributed by atoms with Crippen molar-refractivity contribution >= 4 is 35.0 Å².